The topological polar surface area (TPSA) is 93.7 Å². The SMILES string of the molecule is CNS(=O)(=O)c1ccccc1NC(=O)COCCOC. The minimum atomic E-state index is -3.63. The lowest BCUT2D eigenvalue weighted by Gasteiger charge is -2.11. The van der Waals surface area contributed by atoms with Gasteiger partial charge in [-0.1, -0.05) is 12.1 Å². The zero-order valence-electron chi connectivity index (χ0n) is 11.4. The van der Waals surface area contributed by atoms with Crippen molar-refractivity contribution in [2.24, 2.45) is 0 Å². The highest BCUT2D eigenvalue weighted by molar-refractivity contribution is 7.89. The fourth-order valence-corrected chi connectivity index (χ4v) is 2.29. The zero-order valence-corrected chi connectivity index (χ0v) is 12.2. The van der Waals surface area contributed by atoms with Crippen LogP contribution in [0.25, 0.3) is 0 Å². The van der Waals surface area contributed by atoms with Gasteiger partial charge in [0.2, 0.25) is 15.9 Å². The van der Waals surface area contributed by atoms with Crippen LogP contribution in [-0.2, 0) is 24.3 Å². The Kier molecular flexibility index (Phi) is 6.59. The Bertz CT molecular complexity index is 545. The third-order valence-electron chi connectivity index (χ3n) is 2.38. The molecule has 0 aliphatic rings. The van der Waals surface area contributed by atoms with E-state index in [1.165, 1.54) is 26.3 Å². The van der Waals surface area contributed by atoms with Crippen molar-refractivity contribution in [3.05, 3.63) is 24.3 Å². The van der Waals surface area contributed by atoms with E-state index in [4.69, 9.17) is 9.47 Å². The molecule has 2 N–H and O–H groups in total. The van der Waals surface area contributed by atoms with Crippen LogP contribution in [-0.4, -0.2) is 48.3 Å². The number of carbonyl (C=O) groups is 1. The van der Waals surface area contributed by atoms with Crippen LogP contribution in [0.5, 0.6) is 0 Å². The summed E-state index contributed by atoms with van der Waals surface area (Å²) in [6.07, 6.45) is 0. The van der Waals surface area contributed by atoms with E-state index < -0.39 is 15.9 Å². The number of amides is 1. The molecule has 1 amide bonds. The minimum absolute atomic E-state index is 0.00717. The number of sulfonamides is 1. The van der Waals surface area contributed by atoms with Gasteiger partial charge in [0.1, 0.15) is 11.5 Å². The van der Waals surface area contributed by atoms with E-state index >= 15 is 0 Å². The van der Waals surface area contributed by atoms with Crippen molar-refractivity contribution in [1.82, 2.24) is 4.72 Å². The summed E-state index contributed by atoms with van der Waals surface area (Å²) in [5.41, 5.74) is 0.210. The molecule has 1 aromatic rings. The number of anilines is 1. The molecule has 1 rings (SSSR count). The summed E-state index contributed by atoms with van der Waals surface area (Å²) in [6.45, 7) is 0.510. The number of carbonyl (C=O) groups excluding carboxylic acids is 1. The van der Waals surface area contributed by atoms with Crippen molar-refractivity contribution >= 4 is 21.6 Å². The molecule has 112 valence electrons. The lowest BCUT2D eigenvalue weighted by molar-refractivity contribution is -0.121. The molecule has 0 fully saturated rings. The van der Waals surface area contributed by atoms with Crippen LogP contribution < -0.4 is 10.0 Å². The maximum Gasteiger partial charge on any atom is 0.250 e. The maximum atomic E-state index is 11.8. The molecule has 0 aromatic heterocycles. The highest BCUT2D eigenvalue weighted by Crippen LogP contribution is 2.20. The predicted octanol–water partition coefficient (Wildman–Crippen LogP) is 0.196. The molecule has 1 aromatic carbocycles. The monoisotopic (exact) mass is 302 g/mol. The summed E-state index contributed by atoms with van der Waals surface area (Å²) >= 11 is 0. The van der Waals surface area contributed by atoms with Crippen LogP contribution >= 0.6 is 0 Å². The Balaban J connectivity index is 2.71. The number of hydrogen-bond donors (Lipinski definition) is 2. The number of ether oxygens (including phenoxy) is 2. The number of methoxy groups -OCH3 is 1. The first kappa shape index (κ1) is 16.6. The fourth-order valence-electron chi connectivity index (χ4n) is 1.41. The van der Waals surface area contributed by atoms with E-state index in [1.54, 1.807) is 12.1 Å². The molecule has 0 spiro atoms. The van der Waals surface area contributed by atoms with Gasteiger partial charge in [0.25, 0.3) is 0 Å². The Morgan fingerprint density at radius 1 is 1.25 bits per heavy atom. The van der Waals surface area contributed by atoms with Gasteiger partial charge in [0.05, 0.1) is 18.9 Å². The highest BCUT2D eigenvalue weighted by Gasteiger charge is 2.17. The molecular weight excluding hydrogens is 284 g/mol. The van der Waals surface area contributed by atoms with Crippen molar-refractivity contribution in [3.63, 3.8) is 0 Å². The number of para-hydroxylation sites is 1. The van der Waals surface area contributed by atoms with E-state index in [0.29, 0.717) is 13.2 Å². The van der Waals surface area contributed by atoms with Crippen LogP contribution in [0.4, 0.5) is 5.69 Å². The Labute approximate surface area is 118 Å². The summed E-state index contributed by atoms with van der Waals surface area (Å²) in [7, 11) is -0.792. The molecule has 0 heterocycles. The molecule has 0 saturated heterocycles. The van der Waals surface area contributed by atoms with E-state index in [0.717, 1.165) is 0 Å². The largest absolute Gasteiger partial charge is 0.382 e. The highest BCUT2D eigenvalue weighted by atomic mass is 32.2. The average Bonchev–Trinajstić information content (AvgIpc) is 2.44. The van der Waals surface area contributed by atoms with Gasteiger partial charge in [-0.15, -0.1) is 0 Å². The molecule has 0 radical (unpaired) electrons. The predicted molar refractivity (Wildman–Crippen MR) is 74.0 cm³/mol. The first-order valence-corrected chi connectivity index (χ1v) is 7.38. The maximum absolute atomic E-state index is 11.8. The Morgan fingerprint density at radius 3 is 2.60 bits per heavy atom. The Morgan fingerprint density at radius 2 is 1.95 bits per heavy atom. The quantitative estimate of drug-likeness (QED) is 0.669. The van der Waals surface area contributed by atoms with Crippen molar-refractivity contribution in [2.45, 2.75) is 4.90 Å². The summed E-state index contributed by atoms with van der Waals surface area (Å²) < 4.78 is 35.6. The smallest absolute Gasteiger partial charge is 0.250 e. The van der Waals surface area contributed by atoms with Crippen LogP contribution in [0, 0.1) is 0 Å². The van der Waals surface area contributed by atoms with Gasteiger partial charge in [0.15, 0.2) is 0 Å². The second-order valence-corrected chi connectivity index (χ2v) is 5.65. The third kappa shape index (κ3) is 4.89. The van der Waals surface area contributed by atoms with Gasteiger partial charge in [-0.3, -0.25) is 4.79 Å². The molecule has 8 heteroatoms. The normalized spacial score (nSPS) is 11.3. The summed E-state index contributed by atoms with van der Waals surface area (Å²) in [5, 5.41) is 2.50. The molecular formula is C12H18N2O5S. The third-order valence-corrected chi connectivity index (χ3v) is 3.86. The minimum Gasteiger partial charge on any atom is -0.382 e. The fraction of sp³-hybridized carbons (Fsp3) is 0.417. The molecule has 20 heavy (non-hydrogen) atoms. The van der Waals surface area contributed by atoms with Gasteiger partial charge in [-0.2, -0.15) is 0 Å². The number of benzene rings is 1. The van der Waals surface area contributed by atoms with Gasteiger partial charge < -0.3 is 14.8 Å². The van der Waals surface area contributed by atoms with Crippen molar-refractivity contribution in [1.29, 1.82) is 0 Å². The summed E-state index contributed by atoms with van der Waals surface area (Å²) in [5.74, 6) is -0.431. The first-order valence-electron chi connectivity index (χ1n) is 5.90. The second kappa shape index (κ2) is 7.95. The van der Waals surface area contributed by atoms with Gasteiger partial charge in [-0.25, -0.2) is 13.1 Å². The Hall–Kier alpha value is -1.48. The zero-order chi connectivity index (χ0) is 15.0. The molecule has 0 atom stereocenters. The van der Waals surface area contributed by atoms with E-state index in [1.807, 2.05) is 0 Å². The average molecular weight is 302 g/mol. The summed E-state index contributed by atoms with van der Waals surface area (Å²) in [6, 6.07) is 6.13. The lowest BCUT2D eigenvalue weighted by Crippen LogP contribution is -2.24. The van der Waals surface area contributed by atoms with Crippen molar-refractivity contribution in [3.8, 4) is 0 Å². The molecule has 0 saturated carbocycles. The van der Waals surface area contributed by atoms with Gasteiger partial charge in [0, 0.05) is 7.11 Å². The van der Waals surface area contributed by atoms with Crippen LogP contribution in [0.1, 0.15) is 0 Å². The number of hydrogen-bond acceptors (Lipinski definition) is 5. The lowest BCUT2D eigenvalue weighted by atomic mass is 10.3. The van der Waals surface area contributed by atoms with Crippen molar-refractivity contribution < 1.29 is 22.7 Å². The number of nitrogens with one attached hydrogen (secondary N) is 2. The standard InChI is InChI=1S/C12H18N2O5S/c1-13-20(16,17)11-6-4-3-5-10(11)14-12(15)9-19-8-7-18-2/h3-6,13H,7-9H2,1-2H3,(H,14,15). The summed E-state index contributed by atoms with van der Waals surface area (Å²) in [4.78, 5) is 11.7. The molecule has 0 unspecified atom stereocenters. The molecule has 0 aliphatic heterocycles. The van der Waals surface area contributed by atoms with E-state index in [9.17, 15) is 13.2 Å². The van der Waals surface area contributed by atoms with Gasteiger partial charge >= 0.3 is 0 Å². The van der Waals surface area contributed by atoms with Crippen LogP contribution in [0.3, 0.4) is 0 Å². The molecule has 0 bridgehead atoms. The first-order chi connectivity index (χ1) is 9.51. The van der Waals surface area contributed by atoms with Crippen LogP contribution in [0.15, 0.2) is 29.2 Å². The van der Waals surface area contributed by atoms with Crippen LogP contribution in [0.2, 0.25) is 0 Å². The van der Waals surface area contributed by atoms with E-state index in [2.05, 4.69) is 10.0 Å². The molecule has 0 aliphatic carbocycles. The number of rotatable bonds is 8. The van der Waals surface area contributed by atoms with E-state index in [-0.39, 0.29) is 17.2 Å². The van der Waals surface area contributed by atoms with Crippen molar-refractivity contribution in [2.75, 3.05) is 39.3 Å². The molecule has 7 nitrogen and oxygen atoms in total. The second-order valence-electron chi connectivity index (χ2n) is 3.80. The van der Waals surface area contributed by atoms with Gasteiger partial charge in [-0.05, 0) is 19.2 Å².